The van der Waals surface area contributed by atoms with Gasteiger partial charge in [-0.05, 0) is 49.9 Å². The van der Waals surface area contributed by atoms with E-state index in [0.29, 0.717) is 18.8 Å². The van der Waals surface area contributed by atoms with Crippen molar-refractivity contribution in [2.75, 3.05) is 26.7 Å². The second-order valence-corrected chi connectivity index (χ2v) is 11.0. The van der Waals surface area contributed by atoms with E-state index in [-0.39, 0.29) is 30.1 Å². The van der Waals surface area contributed by atoms with Gasteiger partial charge >= 0.3 is 0 Å². The van der Waals surface area contributed by atoms with Crippen LogP contribution in [0.1, 0.15) is 19.5 Å². The molecule has 1 N–H and O–H groups in total. The molecule has 0 radical (unpaired) electrons. The number of ether oxygens (including phenoxy) is 1. The number of aliphatic hydroxyl groups excluding tert-OH is 1. The van der Waals surface area contributed by atoms with E-state index >= 15 is 0 Å². The van der Waals surface area contributed by atoms with Crippen LogP contribution < -0.4 is 4.74 Å². The summed E-state index contributed by atoms with van der Waals surface area (Å²) < 4.78 is 35.2. The standard InChI is InChI=1S/C26H32N4O4S/c1-19-15-30(20(2)18-31)35(32,33)26-10-9-21(22-7-6-11-27-14-22)13-24(26)34-25(19)17-29(3)16-23-8-4-5-12-28-23/h4-14,19-20,25,31H,15-18H2,1-3H3/t19-,20-,25+/m0/s1. The minimum atomic E-state index is -3.88. The van der Waals surface area contributed by atoms with Crippen molar-refractivity contribution in [1.29, 1.82) is 0 Å². The predicted octanol–water partition coefficient (Wildman–Crippen LogP) is 3.04. The van der Waals surface area contributed by atoms with E-state index < -0.39 is 16.1 Å². The Morgan fingerprint density at radius 2 is 2.00 bits per heavy atom. The van der Waals surface area contributed by atoms with E-state index in [4.69, 9.17) is 4.74 Å². The third-order valence-corrected chi connectivity index (χ3v) is 8.33. The minimum Gasteiger partial charge on any atom is -0.487 e. The van der Waals surface area contributed by atoms with Crippen LogP contribution in [-0.2, 0) is 16.6 Å². The number of benzene rings is 1. The molecular weight excluding hydrogens is 464 g/mol. The van der Waals surface area contributed by atoms with Gasteiger partial charge in [0.1, 0.15) is 16.7 Å². The van der Waals surface area contributed by atoms with Crippen LogP contribution in [0.2, 0.25) is 0 Å². The molecule has 0 aliphatic carbocycles. The molecule has 3 aromatic rings. The number of aliphatic hydroxyl groups is 1. The maximum Gasteiger partial charge on any atom is 0.247 e. The predicted molar refractivity (Wildman–Crippen MR) is 134 cm³/mol. The van der Waals surface area contributed by atoms with Gasteiger partial charge < -0.3 is 9.84 Å². The molecule has 1 aliphatic rings. The molecule has 0 bridgehead atoms. The normalized spacial score (nSPS) is 20.9. The van der Waals surface area contributed by atoms with Crippen LogP contribution in [-0.4, -0.2) is 71.6 Å². The third-order valence-electron chi connectivity index (χ3n) is 6.31. The van der Waals surface area contributed by atoms with Crippen LogP contribution in [0.15, 0.2) is 72.0 Å². The first-order chi connectivity index (χ1) is 16.8. The van der Waals surface area contributed by atoms with Gasteiger partial charge in [0.2, 0.25) is 10.0 Å². The first kappa shape index (κ1) is 25.2. The quantitative estimate of drug-likeness (QED) is 0.537. The topological polar surface area (TPSA) is 95.9 Å². The number of fused-ring (bicyclic) bond motifs is 1. The van der Waals surface area contributed by atoms with Crippen molar-refractivity contribution in [1.82, 2.24) is 19.2 Å². The van der Waals surface area contributed by atoms with Crippen molar-refractivity contribution in [3.05, 3.63) is 72.8 Å². The summed E-state index contributed by atoms with van der Waals surface area (Å²) in [5.41, 5.74) is 2.64. The van der Waals surface area contributed by atoms with Crippen molar-refractivity contribution in [3.8, 4) is 16.9 Å². The second-order valence-electron chi connectivity index (χ2n) is 9.16. The number of hydrogen-bond donors (Lipinski definition) is 1. The molecule has 0 spiro atoms. The average molecular weight is 497 g/mol. The maximum absolute atomic E-state index is 13.6. The number of pyridine rings is 2. The number of aromatic nitrogens is 2. The minimum absolute atomic E-state index is 0.106. The van der Waals surface area contributed by atoms with E-state index in [2.05, 4.69) is 14.9 Å². The van der Waals surface area contributed by atoms with Crippen LogP contribution in [0.5, 0.6) is 5.75 Å². The molecule has 0 amide bonds. The van der Waals surface area contributed by atoms with Crippen molar-refractivity contribution >= 4 is 10.0 Å². The van der Waals surface area contributed by atoms with Gasteiger partial charge in [-0.3, -0.25) is 14.9 Å². The van der Waals surface area contributed by atoms with Crippen molar-refractivity contribution in [2.24, 2.45) is 5.92 Å². The summed E-state index contributed by atoms with van der Waals surface area (Å²) in [6.07, 6.45) is 4.92. The molecule has 0 saturated carbocycles. The molecule has 8 nitrogen and oxygen atoms in total. The summed E-state index contributed by atoms with van der Waals surface area (Å²) in [7, 11) is -1.88. The zero-order chi connectivity index (χ0) is 25.0. The molecule has 1 aromatic carbocycles. The lowest BCUT2D eigenvalue weighted by Crippen LogP contribution is -2.49. The van der Waals surface area contributed by atoms with Gasteiger partial charge in [0.25, 0.3) is 0 Å². The van der Waals surface area contributed by atoms with Gasteiger partial charge in [0.15, 0.2) is 0 Å². The molecule has 35 heavy (non-hydrogen) atoms. The van der Waals surface area contributed by atoms with Crippen LogP contribution in [0, 0.1) is 5.92 Å². The fourth-order valence-corrected chi connectivity index (χ4v) is 6.12. The van der Waals surface area contributed by atoms with Crippen LogP contribution in [0.25, 0.3) is 11.1 Å². The van der Waals surface area contributed by atoms with Gasteiger partial charge in [-0.1, -0.05) is 25.1 Å². The van der Waals surface area contributed by atoms with Crippen LogP contribution in [0.3, 0.4) is 0 Å². The first-order valence-corrected chi connectivity index (χ1v) is 13.2. The lowest BCUT2D eigenvalue weighted by atomic mass is 10.0. The van der Waals surface area contributed by atoms with Crippen molar-refractivity contribution in [3.63, 3.8) is 0 Å². The van der Waals surface area contributed by atoms with Gasteiger partial charge in [-0.25, -0.2) is 8.42 Å². The Balaban J connectivity index is 1.72. The number of nitrogens with zero attached hydrogens (tertiary/aromatic N) is 4. The zero-order valence-corrected chi connectivity index (χ0v) is 21.1. The monoisotopic (exact) mass is 496 g/mol. The molecule has 0 fully saturated rings. The van der Waals surface area contributed by atoms with Gasteiger partial charge in [-0.15, -0.1) is 0 Å². The van der Waals surface area contributed by atoms with Crippen LogP contribution in [0.4, 0.5) is 0 Å². The number of rotatable bonds is 7. The van der Waals surface area contributed by atoms with E-state index in [9.17, 15) is 13.5 Å². The molecular formula is C26H32N4O4S. The van der Waals surface area contributed by atoms with E-state index in [0.717, 1.165) is 16.8 Å². The Bertz CT molecular complexity index is 1220. The first-order valence-electron chi connectivity index (χ1n) is 11.7. The van der Waals surface area contributed by atoms with Gasteiger partial charge in [0, 0.05) is 55.7 Å². The summed E-state index contributed by atoms with van der Waals surface area (Å²) in [4.78, 5) is 10.8. The highest BCUT2D eigenvalue weighted by atomic mass is 32.2. The Hall–Kier alpha value is -2.85. The Morgan fingerprint density at radius 1 is 1.17 bits per heavy atom. The summed E-state index contributed by atoms with van der Waals surface area (Å²) in [5.74, 6) is 0.185. The summed E-state index contributed by atoms with van der Waals surface area (Å²) >= 11 is 0. The molecule has 3 atom stereocenters. The smallest absolute Gasteiger partial charge is 0.247 e. The summed E-state index contributed by atoms with van der Waals surface area (Å²) in [6, 6.07) is 14.2. The third kappa shape index (κ3) is 5.70. The lowest BCUT2D eigenvalue weighted by molar-refractivity contribution is 0.0731. The number of sulfonamides is 1. The van der Waals surface area contributed by atoms with Crippen LogP contribution >= 0.6 is 0 Å². The lowest BCUT2D eigenvalue weighted by Gasteiger charge is -2.37. The largest absolute Gasteiger partial charge is 0.487 e. The Morgan fingerprint density at radius 3 is 2.69 bits per heavy atom. The molecule has 0 saturated heterocycles. The van der Waals surface area contributed by atoms with Gasteiger partial charge in [0.05, 0.1) is 12.3 Å². The molecule has 3 heterocycles. The SMILES string of the molecule is C[C@H]1CN([C@@H](C)CO)S(=O)(=O)c2ccc(-c3cccnc3)cc2O[C@@H]1CN(C)Cc1ccccn1. The van der Waals surface area contributed by atoms with Gasteiger partial charge in [-0.2, -0.15) is 4.31 Å². The summed E-state index contributed by atoms with van der Waals surface area (Å²) in [5, 5.41) is 9.82. The second kappa shape index (κ2) is 10.8. The molecule has 4 rings (SSSR count). The average Bonchev–Trinajstić information content (AvgIpc) is 2.86. The highest BCUT2D eigenvalue weighted by Gasteiger charge is 2.38. The highest BCUT2D eigenvalue weighted by molar-refractivity contribution is 7.89. The maximum atomic E-state index is 13.6. The Labute approximate surface area is 207 Å². The fraction of sp³-hybridized carbons (Fsp3) is 0.385. The van der Waals surface area contributed by atoms with E-state index in [1.165, 1.54) is 4.31 Å². The van der Waals surface area contributed by atoms with Crippen molar-refractivity contribution < 1.29 is 18.3 Å². The summed E-state index contributed by atoms with van der Waals surface area (Å²) in [6.45, 7) is 4.91. The Kier molecular flexibility index (Phi) is 7.81. The zero-order valence-electron chi connectivity index (χ0n) is 20.3. The molecule has 2 aromatic heterocycles. The highest BCUT2D eigenvalue weighted by Crippen LogP contribution is 2.36. The number of likely N-dealkylation sites (N-methyl/N-ethyl adjacent to an activating group) is 1. The van der Waals surface area contributed by atoms with E-state index in [1.807, 2.05) is 44.3 Å². The van der Waals surface area contributed by atoms with Crippen molar-refractivity contribution in [2.45, 2.75) is 37.4 Å². The van der Waals surface area contributed by atoms with E-state index in [1.54, 1.807) is 43.7 Å². The molecule has 186 valence electrons. The molecule has 9 heteroatoms. The number of hydrogen-bond acceptors (Lipinski definition) is 7. The molecule has 0 unspecified atom stereocenters. The fourth-order valence-electron chi connectivity index (χ4n) is 4.30. The molecule has 1 aliphatic heterocycles.